The van der Waals surface area contributed by atoms with E-state index in [0.29, 0.717) is 23.8 Å². The number of hydrogen-bond acceptors (Lipinski definition) is 6. The second kappa shape index (κ2) is 6.90. The molecule has 0 bridgehead atoms. The lowest BCUT2D eigenvalue weighted by atomic mass is 10.2. The molecule has 0 fully saturated rings. The molecule has 1 amide bonds. The van der Waals surface area contributed by atoms with Crippen molar-refractivity contribution in [2.45, 2.75) is 13.0 Å². The van der Waals surface area contributed by atoms with Gasteiger partial charge in [0.1, 0.15) is 29.4 Å². The maximum atomic E-state index is 11.7. The van der Waals surface area contributed by atoms with Gasteiger partial charge in [-0.05, 0) is 24.1 Å². The lowest BCUT2D eigenvalue weighted by Crippen LogP contribution is -2.14. The lowest BCUT2D eigenvalue weighted by Gasteiger charge is -2.11. The number of nitrogens with zero attached hydrogens (tertiary/aromatic N) is 4. The molecule has 4 N–H and O–H groups in total. The van der Waals surface area contributed by atoms with Crippen LogP contribution in [0.5, 0.6) is 0 Å². The first kappa shape index (κ1) is 17.2. The van der Waals surface area contributed by atoms with Crippen molar-refractivity contribution in [1.29, 1.82) is 0 Å². The minimum atomic E-state index is -0.513. The predicted molar refractivity (Wildman–Crippen MR) is 111 cm³/mol. The second-order valence-electron chi connectivity index (χ2n) is 6.86. The fourth-order valence-corrected chi connectivity index (χ4v) is 3.60. The van der Waals surface area contributed by atoms with E-state index in [1.165, 1.54) is 5.56 Å². The van der Waals surface area contributed by atoms with Crippen molar-refractivity contribution in [2.75, 3.05) is 17.2 Å². The zero-order valence-electron chi connectivity index (χ0n) is 15.6. The van der Waals surface area contributed by atoms with Crippen LogP contribution in [0.15, 0.2) is 54.9 Å². The SMILES string of the molecule is NC(=O)c1cccc2c(-c3nc4c(c(NCc5ccccc5)n3)CCN4)ncn12. The predicted octanol–water partition coefficient (Wildman–Crippen LogP) is 2.47. The normalized spacial score (nSPS) is 12.6. The van der Waals surface area contributed by atoms with Crippen LogP contribution in [0.2, 0.25) is 0 Å². The fraction of sp³-hybridized carbons (Fsp3) is 0.143. The number of anilines is 2. The van der Waals surface area contributed by atoms with Crippen LogP contribution in [0, 0.1) is 0 Å². The van der Waals surface area contributed by atoms with Crippen molar-refractivity contribution >= 4 is 23.1 Å². The van der Waals surface area contributed by atoms with E-state index in [1.807, 2.05) is 24.3 Å². The Morgan fingerprint density at radius 2 is 2.00 bits per heavy atom. The lowest BCUT2D eigenvalue weighted by molar-refractivity contribution is 0.0994. The quantitative estimate of drug-likeness (QED) is 0.487. The molecule has 8 heteroatoms. The molecule has 0 spiro atoms. The van der Waals surface area contributed by atoms with E-state index in [1.54, 1.807) is 22.9 Å². The van der Waals surface area contributed by atoms with E-state index in [-0.39, 0.29) is 0 Å². The van der Waals surface area contributed by atoms with Crippen molar-refractivity contribution in [3.63, 3.8) is 0 Å². The number of imidazole rings is 1. The summed E-state index contributed by atoms with van der Waals surface area (Å²) in [6, 6.07) is 15.5. The molecule has 1 aromatic carbocycles. The third-order valence-electron chi connectivity index (χ3n) is 5.01. The number of hydrogen-bond donors (Lipinski definition) is 3. The molecule has 29 heavy (non-hydrogen) atoms. The zero-order chi connectivity index (χ0) is 19.8. The Morgan fingerprint density at radius 3 is 2.83 bits per heavy atom. The van der Waals surface area contributed by atoms with Crippen LogP contribution in [0.25, 0.3) is 17.0 Å². The van der Waals surface area contributed by atoms with Gasteiger partial charge in [-0.25, -0.2) is 15.0 Å². The number of carbonyl (C=O) groups is 1. The molecule has 1 aliphatic rings. The van der Waals surface area contributed by atoms with Gasteiger partial charge in [-0.15, -0.1) is 0 Å². The molecule has 0 unspecified atom stereocenters. The van der Waals surface area contributed by atoms with E-state index in [0.717, 1.165) is 35.7 Å². The second-order valence-corrected chi connectivity index (χ2v) is 6.86. The Morgan fingerprint density at radius 1 is 1.14 bits per heavy atom. The molecule has 8 nitrogen and oxygen atoms in total. The van der Waals surface area contributed by atoms with E-state index in [9.17, 15) is 4.79 Å². The summed E-state index contributed by atoms with van der Waals surface area (Å²) in [7, 11) is 0. The van der Waals surface area contributed by atoms with Crippen molar-refractivity contribution in [2.24, 2.45) is 5.73 Å². The number of nitrogens with two attached hydrogens (primary N) is 1. The molecule has 144 valence electrons. The van der Waals surface area contributed by atoms with E-state index in [2.05, 4.69) is 32.7 Å². The van der Waals surface area contributed by atoms with Gasteiger partial charge >= 0.3 is 0 Å². The third kappa shape index (κ3) is 3.04. The first-order valence-corrected chi connectivity index (χ1v) is 9.39. The summed E-state index contributed by atoms with van der Waals surface area (Å²) < 4.78 is 1.67. The number of carbonyl (C=O) groups excluding carboxylic acids is 1. The van der Waals surface area contributed by atoms with Gasteiger partial charge in [0.25, 0.3) is 5.91 Å². The van der Waals surface area contributed by atoms with Crippen LogP contribution >= 0.6 is 0 Å². The molecule has 5 rings (SSSR count). The highest BCUT2D eigenvalue weighted by Crippen LogP contribution is 2.31. The van der Waals surface area contributed by atoms with Crippen molar-refractivity contribution < 1.29 is 4.79 Å². The van der Waals surface area contributed by atoms with Gasteiger partial charge in [-0.3, -0.25) is 9.20 Å². The average Bonchev–Trinajstić information content (AvgIpc) is 3.39. The molecule has 0 saturated heterocycles. The smallest absolute Gasteiger partial charge is 0.265 e. The van der Waals surface area contributed by atoms with Crippen molar-refractivity contribution in [1.82, 2.24) is 19.4 Å². The van der Waals surface area contributed by atoms with E-state index >= 15 is 0 Å². The average molecular weight is 385 g/mol. The summed E-state index contributed by atoms with van der Waals surface area (Å²) in [5, 5.41) is 6.76. The molecule has 3 aromatic heterocycles. The molecule has 0 atom stereocenters. The van der Waals surface area contributed by atoms with Crippen LogP contribution < -0.4 is 16.4 Å². The summed E-state index contributed by atoms with van der Waals surface area (Å²) in [4.78, 5) is 25.6. The van der Waals surface area contributed by atoms with Gasteiger partial charge < -0.3 is 16.4 Å². The molecule has 0 saturated carbocycles. The highest BCUT2D eigenvalue weighted by molar-refractivity contribution is 5.93. The minimum Gasteiger partial charge on any atom is -0.369 e. The minimum absolute atomic E-state index is 0.364. The molecule has 0 radical (unpaired) electrons. The van der Waals surface area contributed by atoms with Gasteiger partial charge in [-0.2, -0.15) is 0 Å². The zero-order valence-corrected chi connectivity index (χ0v) is 15.6. The topological polar surface area (TPSA) is 110 Å². The molecule has 0 aliphatic carbocycles. The summed E-state index contributed by atoms with van der Waals surface area (Å²) in [6.07, 6.45) is 2.44. The number of amides is 1. The van der Waals surface area contributed by atoms with E-state index < -0.39 is 5.91 Å². The monoisotopic (exact) mass is 385 g/mol. The van der Waals surface area contributed by atoms with Gasteiger partial charge in [0, 0.05) is 18.7 Å². The van der Waals surface area contributed by atoms with Crippen LogP contribution in [-0.2, 0) is 13.0 Å². The van der Waals surface area contributed by atoms with Gasteiger partial charge in [0.2, 0.25) is 0 Å². The third-order valence-corrected chi connectivity index (χ3v) is 5.01. The Bertz CT molecular complexity index is 1220. The van der Waals surface area contributed by atoms with Crippen LogP contribution in [0.4, 0.5) is 11.6 Å². The standard InChI is InChI=1S/C21H19N7O/c22-18(29)16-8-4-7-15-17(25-12-28(15)16)21-26-19-14(9-10-23-19)20(27-21)24-11-13-5-2-1-3-6-13/h1-8,12H,9-11H2,(H2,22,29)(H2,23,24,26,27). The summed E-state index contributed by atoms with van der Waals surface area (Å²) in [5.41, 5.74) is 9.43. The van der Waals surface area contributed by atoms with Crippen LogP contribution in [0.1, 0.15) is 21.6 Å². The van der Waals surface area contributed by atoms with Gasteiger partial charge in [0.15, 0.2) is 5.82 Å². The molecular formula is C21H19N7O. The Balaban J connectivity index is 1.57. The number of primary amides is 1. The number of rotatable bonds is 5. The number of fused-ring (bicyclic) bond motifs is 2. The molecule has 4 aromatic rings. The largest absolute Gasteiger partial charge is 0.369 e. The van der Waals surface area contributed by atoms with Crippen molar-refractivity contribution in [3.05, 3.63) is 71.7 Å². The Labute approximate surface area is 166 Å². The number of benzene rings is 1. The van der Waals surface area contributed by atoms with Crippen LogP contribution in [0.3, 0.4) is 0 Å². The first-order chi connectivity index (χ1) is 14.2. The Kier molecular flexibility index (Phi) is 4.09. The maximum Gasteiger partial charge on any atom is 0.265 e. The number of nitrogens with one attached hydrogen (secondary N) is 2. The molecule has 1 aliphatic heterocycles. The number of aromatic nitrogens is 4. The Hall–Kier alpha value is -3.94. The van der Waals surface area contributed by atoms with E-state index in [4.69, 9.17) is 10.7 Å². The summed E-state index contributed by atoms with van der Waals surface area (Å²) in [5.74, 6) is 1.60. The highest BCUT2D eigenvalue weighted by atomic mass is 16.1. The van der Waals surface area contributed by atoms with Gasteiger partial charge in [-0.1, -0.05) is 36.4 Å². The summed E-state index contributed by atoms with van der Waals surface area (Å²) >= 11 is 0. The molecule has 4 heterocycles. The number of pyridine rings is 1. The highest BCUT2D eigenvalue weighted by Gasteiger charge is 2.22. The van der Waals surface area contributed by atoms with Crippen molar-refractivity contribution in [3.8, 4) is 11.5 Å². The fourth-order valence-electron chi connectivity index (χ4n) is 3.60. The van der Waals surface area contributed by atoms with Crippen LogP contribution in [-0.4, -0.2) is 31.8 Å². The first-order valence-electron chi connectivity index (χ1n) is 9.39. The summed E-state index contributed by atoms with van der Waals surface area (Å²) in [6.45, 7) is 1.49. The maximum absolute atomic E-state index is 11.7. The van der Waals surface area contributed by atoms with Gasteiger partial charge in [0.05, 0.1) is 5.52 Å². The molecular weight excluding hydrogens is 366 g/mol.